The molecule has 198 valence electrons. The number of benzene rings is 1. The second kappa shape index (κ2) is 8.04. The van der Waals surface area contributed by atoms with Crippen LogP contribution in [0.15, 0.2) is 46.3 Å². The summed E-state index contributed by atoms with van der Waals surface area (Å²) in [4.78, 5) is 35.2. The average Bonchev–Trinajstić information content (AvgIpc) is 3.23. The Balaban J connectivity index is 1.49. The second-order valence-corrected chi connectivity index (χ2v) is 14.5. The van der Waals surface area contributed by atoms with Crippen LogP contribution in [0.25, 0.3) is 22.0 Å². The molecule has 4 bridgehead atoms. The van der Waals surface area contributed by atoms with Crippen LogP contribution in [0.5, 0.6) is 0 Å². The summed E-state index contributed by atoms with van der Waals surface area (Å²) in [6, 6.07) is 6.76. The number of anilines is 1. The van der Waals surface area contributed by atoms with E-state index in [2.05, 4.69) is 10.3 Å². The number of nitrogens with zero attached hydrogens (tertiary/aromatic N) is 1. The number of nitrogens with one attached hydrogen (secondary N) is 2. The zero-order chi connectivity index (χ0) is 26.4. The first-order valence-corrected chi connectivity index (χ1v) is 15.7. The van der Waals surface area contributed by atoms with Gasteiger partial charge in [0.2, 0.25) is 0 Å². The minimum Gasteiger partial charge on any atom is -0.379 e. The van der Waals surface area contributed by atoms with Gasteiger partial charge in [-0.2, -0.15) is 0 Å². The third-order valence-electron chi connectivity index (χ3n) is 8.32. The lowest BCUT2D eigenvalue weighted by Gasteiger charge is -2.61. The van der Waals surface area contributed by atoms with E-state index in [9.17, 15) is 27.6 Å². The Hall–Kier alpha value is -2.43. The van der Waals surface area contributed by atoms with Crippen LogP contribution < -0.4 is 10.9 Å². The van der Waals surface area contributed by atoms with Crippen LogP contribution in [-0.2, 0) is 26.0 Å². The number of aryl methyl sites for hydroxylation is 1. The van der Waals surface area contributed by atoms with Gasteiger partial charge in [-0.3, -0.25) is 9.32 Å². The van der Waals surface area contributed by atoms with Gasteiger partial charge in [0.15, 0.2) is 9.84 Å². The van der Waals surface area contributed by atoms with Crippen LogP contribution in [0.1, 0.15) is 38.5 Å². The van der Waals surface area contributed by atoms with E-state index < -0.39 is 28.8 Å². The topological polar surface area (TPSA) is 151 Å². The number of phosphoric ester groups is 1. The monoisotopic (exact) mass is 547 g/mol. The van der Waals surface area contributed by atoms with Gasteiger partial charge in [0, 0.05) is 59.9 Å². The molecular weight excluding hydrogens is 517 g/mol. The Morgan fingerprint density at radius 2 is 1.84 bits per heavy atom. The molecular formula is C25H30N3O7PS. The van der Waals surface area contributed by atoms with Crippen LogP contribution in [0.4, 0.5) is 5.69 Å². The molecule has 2 unspecified atom stereocenters. The fraction of sp³-hybridized carbons (Fsp3) is 0.480. The Morgan fingerprint density at radius 3 is 2.49 bits per heavy atom. The Kier molecular flexibility index (Phi) is 5.40. The van der Waals surface area contributed by atoms with Crippen molar-refractivity contribution in [3.63, 3.8) is 0 Å². The van der Waals surface area contributed by atoms with E-state index in [0.717, 1.165) is 25.5 Å². The number of aromatic amines is 1. The first kappa shape index (κ1) is 24.9. The molecule has 4 aliphatic rings. The molecule has 2 atom stereocenters. The summed E-state index contributed by atoms with van der Waals surface area (Å²) in [5, 5.41) is 4.39. The second-order valence-electron chi connectivity index (χ2n) is 11.3. The van der Waals surface area contributed by atoms with Crippen LogP contribution in [0.3, 0.4) is 0 Å². The SMILES string of the molecule is Cn1cc(-c2cc(S(C)(=O)=O)ccc2NC23CC4CC(C2)CC(OP(=O)(O)O)(C4)C3)c2cc[nH]c2c1=O. The molecule has 2 aromatic heterocycles. The Morgan fingerprint density at radius 1 is 1.14 bits per heavy atom. The molecule has 37 heavy (non-hydrogen) atoms. The van der Waals surface area contributed by atoms with Gasteiger partial charge in [-0.25, -0.2) is 13.0 Å². The number of hydrogen-bond acceptors (Lipinski definition) is 6. The van der Waals surface area contributed by atoms with Crippen molar-refractivity contribution < 1.29 is 27.3 Å². The summed E-state index contributed by atoms with van der Waals surface area (Å²) < 4.78 is 43.8. The molecule has 1 aromatic carbocycles. The Bertz CT molecular complexity index is 1620. The zero-order valence-electron chi connectivity index (χ0n) is 20.6. The molecule has 12 heteroatoms. The predicted octanol–water partition coefficient (Wildman–Crippen LogP) is 3.55. The first-order chi connectivity index (χ1) is 17.2. The van der Waals surface area contributed by atoms with Crippen molar-refractivity contribution in [2.75, 3.05) is 11.6 Å². The summed E-state index contributed by atoms with van der Waals surface area (Å²) in [7, 11) is -6.52. The van der Waals surface area contributed by atoms with Gasteiger partial charge in [0.1, 0.15) is 5.52 Å². The first-order valence-electron chi connectivity index (χ1n) is 12.3. The molecule has 7 rings (SSSR count). The van der Waals surface area contributed by atoms with Gasteiger partial charge < -0.3 is 24.7 Å². The highest BCUT2D eigenvalue weighted by Crippen LogP contribution is 2.63. The number of hydrogen-bond donors (Lipinski definition) is 4. The average molecular weight is 548 g/mol. The molecule has 3 aromatic rings. The quantitative estimate of drug-likeness (QED) is 0.342. The molecule has 10 nitrogen and oxygen atoms in total. The number of H-pyrrole nitrogens is 1. The lowest BCUT2D eigenvalue weighted by Crippen LogP contribution is -2.62. The minimum atomic E-state index is -4.67. The molecule has 2 heterocycles. The maximum absolute atomic E-state index is 12.7. The molecule has 4 fully saturated rings. The summed E-state index contributed by atoms with van der Waals surface area (Å²) in [5.74, 6) is 0.570. The summed E-state index contributed by atoms with van der Waals surface area (Å²) in [6.45, 7) is 0. The largest absolute Gasteiger partial charge is 0.470 e. The van der Waals surface area contributed by atoms with Gasteiger partial charge in [-0.05, 0) is 68.2 Å². The highest BCUT2D eigenvalue weighted by atomic mass is 32.2. The fourth-order valence-electron chi connectivity index (χ4n) is 7.54. The number of phosphoric acid groups is 1. The molecule has 0 aliphatic heterocycles. The van der Waals surface area contributed by atoms with Crippen LogP contribution in [0.2, 0.25) is 0 Å². The van der Waals surface area contributed by atoms with Crippen molar-refractivity contribution in [1.82, 2.24) is 9.55 Å². The van der Waals surface area contributed by atoms with Gasteiger partial charge >= 0.3 is 7.82 Å². The third-order valence-corrected chi connectivity index (χ3v) is 10.1. The maximum atomic E-state index is 12.7. The van der Waals surface area contributed by atoms with Crippen molar-refractivity contribution in [2.24, 2.45) is 18.9 Å². The summed E-state index contributed by atoms with van der Waals surface area (Å²) in [6.07, 6.45) is 8.97. The van der Waals surface area contributed by atoms with E-state index in [1.54, 1.807) is 43.7 Å². The minimum absolute atomic E-state index is 0.164. The third kappa shape index (κ3) is 4.36. The Labute approximate surface area is 214 Å². The van der Waals surface area contributed by atoms with Crippen LogP contribution in [0, 0.1) is 11.8 Å². The number of sulfone groups is 1. The summed E-state index contributed by atoms with van der Waals surface area (Å²) >= 11 is 0. The van der Waals surface area contributed by atoms with Gasteiger partial charge in [0.05, 0.1) is 10.5 Å². The van der Waals surface area contributed by atoms with E-state index >= 15 is 0 Å². The molecule has 4 aliphatic carbocycles. The van der Waals surface area contributed by atoms with Crippen molar-refractivity contribution >= 4 is 34.3 Å². The van der Waals surface area contributed by atoms with E-state index in [4.69, 9.17) is 4.52 Å². The van der Waals surface area contributed by atoms with Gasteiger partial charge in [-0.15, -0.1) is 0 Å². The van der Waals surface area contributed by atoms with Crippen LogP contribution in [-0.4, -0.2) is 45.2 Å². The van der Waals surface area contributed by atoms with E-state index in [1.807, 2.05) is 0 Å². The molecule has 4 N–H and O–H groups in total. The van der Waals surface area contributed by atoms with E-state index in [-0.39, 0.29) is 22.3 Å². The lowest BCUT2D eigenvalue weighted by atomic mass is 9.51. The normalized spacial score (nSPS) is 29.2. The van der Waals surface area contributed by atoms with Crippen molar-refractivity contribution in [1.29, 1.82) is 0 Å². The number of rotatable bonds is 6. The van der Waals surface area contributed by atoms with Crippen molar-refractivity contribution in [3.8, 4) is 11.1 Å². The lowest BCUT2D eigenvalue weighted by molar-refractivity contribution is -0.121. The molecule has 0 saturated heterocycles. The maximum Gasteiger partial charge on any atom is 0.470 e. The number of fused-ring (bicyclic) bond motifs is 1. The zero-order valence-corrected chi connectivity index (χ0v) is 22.3. The van der Waals surface area contributed by atoms with E-state index in [0.29, 0.717) is 47.0 Å². The smallest absolute Gasteiger partial charge is 0.379 e. The fourth-order valence-corrected chi connectivity index (χ4v) is 8.90. The number of pyridine rings is 1. The number of aromatic nitrogens is 2. The van der Waals surface area contributed by atoms with E-state index in [1.165, 1.54) is 4.57 Å². The van der Waals surface area contributed by atoms with Gasteiger partial charge in [-0.1, -0.05) is 0 Å². The highest BCUT2D eigenvalue weighted by Gasteiger charge is 2.60. The van der Waals surface area contributed by atoms with Crippen molar-refractivity contribution in [3.05, 3.63) is 47.0 Å². The molecule has 0 spiro atoms. The van der Waals surface area contributed by atoms with Crippen molar-refractivity contribution in [2.45, 2.75) is 54.6 Å². The molecule has 0 radical (unpaired) electrons. The van der Waals surface area contributed by atoms with Crippen LogP contribution >= 0.6 is 7.82 Å². The van der Waals surface area contributed by atoms with Gasteiger partial charge in [0.25, 0.3) is 5.56 Å². The predicted molar refractivity (Wildman–Crippen MR) is 139 cm³/mol. The standard InChI is InChI=1S/C25H30N3O7PS/c1-28-13-20(18-5-6-26-22(18)23(28)29)19-8-17(37(2,33)34)3-4-21(19)27-24-9-15-7-16(10-24)12-25(11-15,14-24)35-36(30,31)32/h3-6,8,13,15-16,26-27H,7,9-12,14H2,1-2H3,(H2,30,31,32). The summed E-state index contributed by atoms with van der Waals surface area (Å²) in [5.41, 5.74) is 0.976. The molecule has 4 saturated carbocycles. The molecule has 0 amide bonds. The highest BCUT2D eigenvalue weighted by molar-refractivity contribution is 7.90.